The molecule has 0 radical (unpaired) electrons. The van der Waals surface area contributed by atoms with Crippen molar-refractivity contribution in [3.8, 4) is 0 Å². The van der Waals surface area contributed by atoms with E-state index in [0.29, 0.717) is 12.0 Å². The molecule has 0 unspecified atom stereocenters. The van der Waals surface area contributed by atoms with Crippen LogP contribution in [0.15, 0.2) is 53.0 Å². The first-order valence-electron chi connectivity index (χ1n) is 6.34. The molecule has 2 aromatic carbocycles. The molecule has 1 N–H and O–H groups in total. The van der Waals surface area contributed by atoms with Crippen molar-refractivity contribution in [1.29, 1.82) is 0 Å². The van der Waals surface area contributed by atoms with Gasteiger partial charge in [0.25, 0.3) is 0 Å². The highest BCUT2D eigenvalue weighted by Crippen LogP contribution is 2.37. The zero-order chi connectivity index (χ0) is 12.5. The number of anilines is 1. The van der Waals surface area contributed by atoms with Crippen LogP contribution < -0.4 is 5.32 Å². The number of rotatable bonds is 2. The van der Waals surface area contributed by atoms with Crippen molar-refractivity contribution in [2.75, 3.05) is 5.32 Å². The largest absolute Gasteiger partial charge is 0.382 e. The maximum Gasteiger partial charge on any atom is 0.0378 e. The van der Waals surface area contributed by atoms with Gasteiger partial charge >= 0.3 is 0 Å². The molecule has 1 aliphatic rings. The molecule has 0 bridgehead atoms. The first-order chi connectivity index (χ1) is 8.74. The third kappa shape index (κ3) is 2.17. The molecule has 1 heterocycles. The Morgan fingerprint density at radius 3 is 2.56 bits per heavy atom. The minimum Gasteiger partial charge on any atom is -0.382 e. The van der Waals surface area contributed by atoms with Gasteiger partial charge in [-0.15, -0.1) is 0 Å². The molecule has 0 aromatic heterocycles. The molecule has 2 heteroatoms. The summed E-state index contributed by atoms with van der Waals surface area (Å²) < 4.78 is 1.14. The monoisotopic (exact) mass is 301 g/mol. The van der Waals surface area contributed by atoms with Crippen LogP contribution in [0.25, 0.3) is 0 Å². The van der Waals surface area contributed by atoms with Gasteiger partial charge in [0.15, 0.2) is 0 Å². The van der Waals surface area contributed by atoms with Crippen LogP contribution in [0.3, 0.4) is 0 Å². The lowest BCUT2D eigenvalue weighted by Crippen LogP contribution is -2.17. The molecule has 2 atom stereocenters. The van der Waals surface area contributed by atoms with Crippen LogP contribution in [0.1, 0.15) is 24.0 Å². The Bertz CT molecular complexity index is 547. The lowest BCUT2D eigenvalue weighted by Gasteiger charge is -2.16. The zero-order valence-electron chi connectivity index (χ0n) is 10.4. The Labute approximate surface area is 116 Å². The van der Waals surface area contributed by atoms with Gasteiger partial charge in [-0.1, -0.05) is 46.3 Å². The highest BCUT2D eigenvalue weighted by molar-refractivity contribution is 9.10. The SMILES string of the molecule is C[C@@H]1Nc2ccccc2[C@@H]1Cc1ccc(Br)cc1. The van der Waals surface area contributed by atoms with E-state index in [9.17, 15) is 0 Å². The number of fused-ring (bicyclic) bond motifs is 1. The van der Waals surface area contributed by atoms with E-state index in [2.05, 4.69) is 76.7 Å². The van der Waals surface area contributed by atoms with Crippen LogP contribution in [0.2, 0.25) is 0 Å². The third-order valence-corrected chi connectivity index (χ3v) is 4.24. The molecular weight excluding hydrogens is 286 g/mol. The molecule has 0 saturated carbocycles. The molecule has 3 rings (SSSR count). The van der Waals surface area contributed by atoms with Gasteiger partial charge in [0.2, 0.25) is 0 Å². The molecule has 0 aliphatic carbocycles. The summed E-state index contributed by atoms with van der Waals surface area (Å²) in [5.74, 6) is 0.572. The Balaban J connectivity index is 1.87. The zero-order valence-corrected chi connectivity index (χ0v) is 11.9. The number of hydrogen-bond donors (Lipinski definition) is 1. The lowest BCUT2D eigenvalue weighted by molar-refractivity contribution is 0.629. The Morgan fingerprint density at radius 1 is 1.06 bits per heavy atom. The van der Waals surface area contributed by atoms with Gasteiger partial charge in [-0.3, -0.25) is 0 Å². The minimum atomic E-state index is 0.506. The van der Waals surface area contributed by atoms with Gasteiger partial charge in [0.1, 0.15) is 0 Å². The fraction of sp³-hybridized carbons (Fsp3) is 0.250. The van der Waals surface area contributed by atoms with E-state index in [0.717, 1.165) is 10.9 Å². The standard InChI is InChI=1S/C16H16BrN/c1-11-15(10-12-6-8-13(17)9-7-12)14-4-2-3-5-16(14)18-11/h2-9,11,15,18H,10H2,1H3/t11-,15+/m0/s1. The highest BCUT2D eigenvalue weighted by atomic mass is 79.9. The van der Waals surface area contributed by atoms with Crippen molar-refractivity contribution in [2.45, 2.75) is 25.3 Å². The predicted octanol–water partition coefficient (Wildman–Crippen LogP) is 4.59. The van der Waals surface area contributed by atoms with E-state index in [1.807, 2.05) is 0 Å². The van der Waals surface area contributed by atoms with E-state index >= 15 is 0 Å². The van der Waals surface area contributed by atoms with Crippen LogP contribution in [0, 0.1) is 0 Å². The molecule has 0 amide bonds. The molecule has 2 aromatic rings. The average molecular weight is 302 g/mol. The average Bonchev–Trinajstić information content (AvgIpc) is 2.69. The summed E-state index contributed by atoms with van der Waals surface area (Å²) in [7, 11) is 0. The Kier molecular flexibility index (Phi) is 3.13. The first-order valence-corrected chi connectivity index (χ1v) is 7.13. The molecule has 1 nitrogen and oxygen atoms in total. The molecule has 0 fully saturated rings. The highest BCUT2D eigenvalue weighted by Gasteiger charge is 2.28. The summed E-state index contributed by atoms with van der Waals surface area (Å²) >= 11 is 3.48. The number of nitrogens with one attached hydrogen (secondary N) is 1. The lowest BCUT2D eigenvalue weighted by atomic mass is 9.89. The van der Waals surface area contributed by atoms with Crippen molar-refractivity contribution >= 4 is 21.6 Å². The van der Waals surface area contributed by atoms with Gasteiger partial charge in [-0.25, -0.2) is 0 Å². The smallest absolute Gasteiger partial charge is 0.0378 e. The Hall–Kier alpha value is -1.28. The summed E-state index contributed by atoms with van der Waals surface area (Å²) in [5.41, 5.74) is 4.15. The van der Waals surface area contributed by atoms with Crippen LogP contribution in [-0.4, -0.2) is 6.04 Å². The summed E-state index contributed by atoms with van der Waals surface area (Å²) in [4.78, 5) is 0. The van der Waals surface area contributed by atoms with E-state index in [-0.39, 0.29) is 0 Å². The second-order valence-corrected chi connectivity index (χ2v) is 5.87. The number of para-hydroxylation sites is 1. The van der Waals surface area contributed by atoms with Crippen molar-refractivity contribution in [3.05, 3.63) is 64.1 Å². The topological polar surface area (TPSA) is 12.0 Å². The number of benzene rings is 2. The van der Waals surface area contributed by atoms with Crippen LogP contribution in [-0.2, 0) is 6.42 Å². The van der Waals surface area contributed by atoms with Gasteiger partial charge in [0, 0.05) is 22.1 Å². The normalized spacial score (nSPS) is 21.4. The maximum atomic E-state index is 3.57. The molecule has 18 heavy (non-hydrogen) atoms. The third-order valence-electron chi connectivity index (χ3n) is 3.72. The second kappa shape index (κ2) is 4.77. The number of hydrogen-bond acceptors (Lipinski definition) is 1. The maximum absolute atomic E-state index is 3.57. The van der Waals surface area contributed by atoms with Crippen molar-refractivity contribution < 1.29 is 0 Å². The van der Waals surface area contributed by atoms with E-state index in [4.69, 9.17) is 0 Å². The fourth-order valence-electron chi connectivity index (χ4n) is 2.73. The number of halogens is 1. The fourth-order valence-corrected chi connectivity index (χ4v) is 2.99. The van der Waals surface area contributed by atoms with Gasteiger partial charge in [-0.05, 0) is 42.7 Å². The molecule has 1 aliphatic heterocycles. The van der Waals surface area contributed by atoms with E-state index in [1.165, 1.54) is 16.8 Å². The summed E-state index contributed by atoms with van der Waals surface area (Å²) in [5, 5.41) is 3.57. The predicted molar refractivity (Wildman–Crippen MR) is 80.1 cm³/mol. The summed E-state index contributed by atoms with van der Waals surface area (Å²) in [6, 6.07) is 17.8. The van der Waals surface area contributed by atoms with Crippen LogP contribution in [0.4, 0.5) is 5.69 Å². The quantitative estimate of drug-likeness (QED) is 0.855. The van der Waals surface area contributed by atoms with Crippen LogP contribution in [0.5, 0.6) is 0 Å². The molecule has 0 saturated heterocycles. The van der Waals surface area contributed by atoms with E-state index in [1.54, 1.807) is 0 Å². The van der Waals surface area contributed by atoms with Crippen molar-refractivity contribution in [3.63, 3.8) is 0 Å². The van der Waals surface area contributed by atoms with Crippen molar-refractivity contribution in [2.24, 2.45) is 0 Å². The summed E-state index contributed by atoms with van der Waals surface area (Å²) in [6.07, 6.45) is 1.10. The Morgan fingerprint density at radius 2 is 1.78 bits per heavy atom. The van der Waals surface area contributed by atoms with Gasteiger partial charge < -0.3 is 5.32 Å². The second-order valence-electron chi connectivity index (χ2n) is 4.96. The van der Waals surface area contributed by atoms with Gasteiger partial charge in [-0.2, -0.15) is 0 Å². The van der Waals surface area contributed by atoms with Crippen molar-refractivity contribution in [1.82, 2.24) is 0 Å². The first kappa shape index (κ1) is 11.8. The molecular formula is C16H16BrN. The van der Waals surface area contributed by atoms with Gasteiger partial charge in [0.05, 0.1) is 0 Å². The molecule has 92 valence electrons. The van der Waals surface area contributed by atoms with Crippen LogP contribution >= 0.6 is 15.9 Å². The van der Waals surface area contributed by atoms with E-state index < -0.39 is 0 Å². The summed E-state index contributed by atoms with van der Waals surface area (Å²) in [6.45, 7) is 2.27. The minimum absolute atomic E-state index is 0.506. The molecule has 0 spiro atoms.